The Hall–Kier alpha value is -3.65. The number of aromatic nitrogens is 2. The molecule has 182 valence electrons. The van der Waals surface area contributed by atoms with Gasteiger partial charge in [0.15, 0.2) is 5.82 Å². The summed E-state index contributed by atoms with van der Waals surface area (Å²) in [6, 6.07) is 14.1. The largest absolute Gasteiger partial charge is 0.497 e. The standard InChI is InChI=1S/C26H24ClF2N3O3/c1-14-19-9-15(20-11-22(27)21(25(28)29)12-24(20)35-4)6-8-18(19)26(32-31-14)30-13-16-5-7-17(33-2)10-23(16)34-3/h5-12,25H,13H2,1-4H3,(H,30,32). The summed E-state index contributed by atoms with van der Waals surface area (Å²) < 4.78 is 42.7. The lowest BCUT2D eigenvalue weighted by molar-refractivity contribution is 0.151. The Bertz CT molecular complexity index is 1380. The van der Waals surface area contributed by atoms with Crippen molar-refractivity contribution in [3.8, 4) is 28.4 Å². The molecule has 0 aliphatic rings. The van der Waals surface area contributed by atoms with Gasteiger partial charge in [0.25, 0.3) is 6.43 Å². The zero-order valence-electron chi connectivity index (χ0n) is 19.7. The van der Waals surface area contributed by atoms with Crippen LogP contribution in [0.25, 0.3) is 21.9 Å². The number of halogens is 3. The third kappa shape index (κ3) is 4.93. The van der Waals surface area contributed by atoms with Gasteiger partial charge in [-0.25, -0.2) is 8.78 Å². The van der Waals surface area contributed by atoms with E-state index in [4.69, 9.17) is 25.8 Å². The minimum absolute atomic E-state index is 0.0173. The Morgan fingerprint density at radius 2 is 1.66 bits per heavy atom. The molecule has 4 rings (SSSR count). The number of benzene rings is 3. The third-order valence-electron chi connectivity index (χ3n) is 5.77. The summed E-state index contributed by atoms with van der Waals surface area (Å²) in [5, 5.41) is 13.7. The molecule has 0 spiro atoms. The maximum atomic E-state index is 13.3. The van der Waals surface area contributed by atoms with E-state index in [0.29, 0.717) is 35.2 Å². The number of hydrogen-bond acceptors (Lipinski definition) is 6. The Morgan fingerprint density at radius 1 is 0.886 bits per heavy atom. The van der Waals surface area contributed by atoms with Crippen LogP contribution in [0.3, 0.4) is 0 Å². The number of aryl methyl sites for hydroxylation is 1. The number of methoxy groups -OCH3 is 3. The zero-order valence-corrected chi connectivity index (χ0v) is 20.4. The Kier molecular flexibility index (Phi) is 7.21. The van der Waals surface area contributed by atoms with E-state index in [1.807, 2.05) is 43.3 Å². The van der Waals surface area contributed by atoms with Gasteiger partial charge >= 0.3 is 0 Å². The van der Waals surface area contributed by atoms with Crippen molar-refractivity contribution in [1.82, 2.24) is 10.2 Å². The lowest BCUT2D eigenvalue weighted by Gasteiger charge is -2.15. The summed E-state index contributed by atoms with van der Waals surface area (Å²) in [5.41, 5.74) is 2.76. The number of nitrogens with one attached hydrogen (secondary N) is 1. The molecule has 0 saturated carbocycles. The first-order valence-electron chi connectivity index (χ1n) is 10.7. The molecule has 0 saturated heterocycles. The van der Waals surface area contributed by atoms with Crippen molar-refractivity contribution in [1.29, 1.82) is 0 Å². The fourth-order valence-electron chi connectivity index (χ4n) is 3.89. The van der Waals surface area contributed by atoms with Crippen LogP contribution in [0.15, 0.2) is 48.5 Å². The molecule has 35 heavy (non-hydrogen) atoms. The molecule has 4 aromatic rings. The minimum Gasteiger partial charge on any atom is -0.497 e. The average molecular weight is 500 g/mol. The molecule has 0 aliphatic carbocycles. The lowest BCUT2D eigenvalue weighted by atomic mass is 9.99. The fraction of sp³-hybridized carbons (Fsp3) is 0.231. The smallest absolute Gasteiger partial charge is 0.265 e. The number of rotatable bonds is 8. The van der Waals surface area contributed by atoms with Crippen LogP contribution in [0.2, 0.25) is 5.02 Å². The summed E-state index contributed by atoms with van der Waals surface area (Å²) in [6.45, 7) is 2.32. The monoisotopic (exact) mass is 499 g/mol. The van der Waals surface area contributed by atoms with Gasteiger partial charge in [-0.2, -0.15) is 5.10 Å². The number of alkyl halides is 2. The van der Waals surface area contributed by atoms with Gasteiger partial charge in [-0.3, -0.25) is 0 Å². The van der Waals surface area contributed by atoms with E-state index in [1.54, 1.807) is 14.2 Å². The van der Waals surface area contributed by atoms with Crippen LogP contribution >= 0.6 is 11.6 Å². The predicted molar refractivity (Wildman–Crippen MR) is 133 cm³/mol. The van der Waals surface area contributed by atoms with Crippen LogP contribution in [0.4, 0.5) is 14.6 Å². The van der Waals surface area contributed by atoms with Gasteiger partial charge in [0.05, 0.1) is 32.0 Å². The second kappa shape index (κ2) is 10.3. The molecule has 1 aromatic heterocycles. The van der Waals surface area contributed by atoms with Crippen LogP contribution in [-0.2, 0) is 6.54 Å². The molecule has 0 radical (unpaired) electrons. The molecule has 0 unspecified atom stereocenters. The number of ether oxygens (including phenoxy) is 3. The van der Waals surface area contributed by atoms with Crippen LogP contribution in [0, 0.1) is 6.92 Å². The summed E-state index contributed by atoms with van der Waals surface area (Å²) >= 11 is 6.14. The van der Waals surface area contributed by atoms with Crippen LogP contribution in [0.5, 0.6) is 17.2 Å². The number of fused-ring (bicyclic) bond motifs is 1. The molecule has 0 amide bonds. The first-order valence-corrected chi connectivity index (χ1v) is 11.1. The van der Waals surface area contributed by atoms with Crippen molar-refractivity contribution >= 4 is 28.2 Å². The maximum Gasteiger partial charge on any atom is 0.265 e. The molecule has 1 heterocycles. The van der Waals surface area contributed by atoms with Gasteiger partial charge in [-0.05, 0) is 48.9 Å². The van der Waals surface area contributed by atoms with Crippen molar-refractivity contribution in [2.75, 3.05) is 26.6 Å². The van der Waals surface area contributed by atoms with Crippen molar-refractivity contribution in [3.63, 3.8) is 0 Å². The van der Waals surface area contributed by atoms with Crippen LogP contribution in [0.1, 0.15) is 23.2 Å². The number of nitrogens with zero attached hydrogens (tertiary/aromatic N) is 2. The second-order valence-electron chi connectivity index (χ2n) is 7.80. The molecular formula is C26H24ClF2N3O3. The molecule has 9 heteroatoms. The average Bonchev–Trinajstić information content (AvgIpc) is 2.87. The summed E-state index contributed by atoms with van der Waals surface area (Å²) in [4.78, 5) is 0. The predicted octanol–water partition coefficient (Wildman–Crippen LogP) is 6.83. The van der Waals surface area contributed by atoms with E-state index < -0.39 is 6.43 Å². The highest BCUT2D eigenvalue weighted by Gasteiger charge is 2.18. The molecule has 0 bridgehead atoms. The lowest BCUT2D eigenvalue weighted by Crippen LogP contribution is -2.06. The Labute approximate surface area is 206 Å². The van der Waals surface area contributed by atoms with E-state index in [-0.39, 0.29) is 10.6 Å². The van der Waals surface area contributed by atoms with Crippen molar-refractivity contribution in [2.45, 2.75) is 19.9 Å². The summed E-state index contributed by atoms with van der Waals surface area (Å²) in [5.74, 6) is 2.32. The minimum atomic E-state index is -2.70. The van der Waals surface area contributed by atoms with E-state index in [2.05, 4.69) is 15.5 Å². The quantitative estimate of drug-likeness (QED) is 0.286. The highest BCUT2D eigenvalue weighted by Crippen LogP contribution is 2.40. The van der Waals surface area contributed by atoms with E-state index in [9.17, 15) is 8.78 Å². The fourth-order valence-corrected chi connectivity index (χ4v) is 4.13. The first-order chi connectivity index (χ1) is 16.9. The normalized spacial score (nSPS) is 11.1. The van der Waals surface area contributed by atoms with Gasteiger partial charge in [-0.1, -0.05) is 17.7 Å². The van der Waals surface area contributed by atoms with Crippen molar-refractivity contribution < 1.29 is 23.0 Å². The first kappa shape index (κ1) is 24.5. The Balaban J connectivity index is 1.71. The number of anilines is 1. The molecule has 0 aliphatic heterocycles. The van der Waals surface area contributed by atoms with Crippen molar-refractivity contribution in [3.05, 3.63) is 70.4 Å². The molecule has 3 aromatic carbocycles. The van der Waals surface area contributed by atoms with Gasteiger partial charge in [0, 0.05) is 40.1 Å². The number of hydrogen-bond donors (Lipinski definition) is 1. The van der Waals surface area contributed by atoms with Crippen LogP contribution in [-0.4, -0.2) is 31.5 Å². The highest BCUT2D eigenvalue weighted by atomic mass is 35.5. The Morgan fingerprint density at radius 3 is 2.34 bits per heavy atom. The SMILES string of the molecule is COc1ccc(CNc2nnc(C)c3cc(-c4cc(Cl)c(C(F)F)cc4OC)ccc23)c(OC)c1. The zero-order chi connectivity index (χ0) is 25.1. The van der Waals surface area contributed by atoms with E-state index >= 15 is 0 Å². The summed E-state index contributed by atoms with van der Waals surface area (Å²) in [6.07, 6.45) is -2.70. The van der Waals surface area contributed by atoms with Gasteiger partial charge in [0.2, 0.25) is 0 Å². The molecule has 1 N–H and O–H groups in total. The molecule has 6 nitrogen and oxygen atoms in total. The second-order valence-corrected chi connectivity index (χ2v) is 8.21. The molecule has 0 atom stereocenters. The van der Waals surface area contributed by atoms with Gasteiger partial charge < -0.3 is 19.5 Å². The van der Waals surface area contributed by atoms with Crippen LogP contribution < -0.4 is 19.5 Å². The topological polar surface area (TPSA) is 65.5 Å². The van der Waals surface area contributed by atoms with Gasteiger partial charge in [-0.15, -0.1) is 5.10 Å². The van der Waals surface area contributed by atoms with Gasteiger partial charge in [0.1, 0.15) is 17.2 Å². The van der Waals surface area contributed by atoms with E-state index in [0.717, 1.165) is 27.6 Å². The summed E-state index contributed by atoms with van der Waals surface area (Å²) in [7, 11) is 4.65. The third-order valence-corrected chi connectivity index (χ3v) is 6.10. The molecular weight excluding hydrogens is 476 g/mol. The van der Waals surface area contributed by atoms with E-state index in [1.165, 1.54) is 19.2 Å². The van der Waals surface area contributed by atoms with Crippen molar-refractivity contribution in [2.24, 2.45) is 0 Å². The maximum absolute atomic E-state index is 13.3. The highest BCUT2D eigenvalue weighted by molar-refractivity contribution is 6.31. The molecule has 0 fully saturated rings.